The average Bonchev–Trinajstić information content (AvgIpc) is 3.11. The van der Waals surface area contributed by atoms with Crippen LogP contribution >= 0.6 is 0 Å². The highest BCUT2D eigenvalue weighted by Gasteiger charge is 2.40. The fraction of sp³-hybridized carbons (Fsp3) is 0.207. The van der Waals surface area contributed by atoms with Crippen molar-refractivity contribution in [2.45, 2.75) is 27.7 Å². The van der Waals surface area contributed by atoms with Gasteiger partial charge in [-0.2, -0.15) is 5.26 Å². The summed E-state index contributed by atoms with van der Waals surface area (Å²) in [7, 11) is 0. The van der Waals surface area contributed by atoms with Gasteiger partial charge in [-0.25, -0.2) is 4.90 Å². The molecule has 0 atom stereocenters. The number of nitriles is 1. The number of hydrogen-bond acceptors (Lipinski definition) is 5. The highest BCUT2D eigenvalue weighted by molar-refractivity contribution is 6.46. The maximum Gasteiger partial charge on any atom is 0.282 e. The van der Waals surface area contributed by atoms with Gasteiger partial charge in [-0.05, 0) is 92.9 Å². The molecule has 6 heteroatoms. The molecule has 3 aromatic rings. The van der Waals surface area contributed by atoms with Gasteiger partial charge in [0.15, 0.2) is 0 Å². The zero-order valence-corrected chi connectivity index (χ0v) is 20.4. The van der Waals surface area contributed by atoms with Crippen molar-refractivity contribution in [3.8, 4) is 6.07 Å². The molecule has 176 valence electrons. The zero-order chi connectivity index (χ0) is 25.1. The third-order valence-electron chi connectivity index (χ3n) is 6.40. The van der Waals surface area contributed by atoms with Crippen LogP contribution in [0.15, 0.2) is 72.4 Å². The number of nitrogens with zero attached hydrogens (tertiary/aromatic N) is 3. The summed E-state index contributed by atoms with van der Waals surface area (Å²) in [5.41, 5.74) is 6.10. The molecule has 1 heterocycles. The first-order valence-electron chi connectivity index (χ1n) is 11.7. The first-order chi connectivity index (χ1) is 16.9. The molecule has 0 aromatic heterocycles. The molecule has 0 spiro atoms. The monoisotopic (exact) mass is 464 g/mol. The quantitative estimate of drug-likeness (QED) is 0.473. The number of rotatable bonds is 7. The van der Waals surface area contributed by atoms with Crippen LogP contribution < -0.4 is 15.1 Å². The SMILES string of the molecule is CCN(CC)c1ccc(NC2=C(c3ccc(C)c(C)c3)C(=O)N(c3ccc(C#N)cc3)C2=O)cc1. The summed E-state index contributed by atoms with van der Waals surface area (Å²) in [6.07, 6.45) is 0. The van der Waals surface area contributed by atoms with Crippen LogP contribution in [-0.4, -0.2) is 24.9 Å². The summed E-state index contributed by atoms with van der Waals surface area (Å²) in [6, 6.07) is 22.1. The van der Waals surface area contributed by atoms with Gasteiger partial charge < -0.3 is 10.2 Å². The van der Waals surface area contributed by atoms with E-state index in [0.29, 0.717) is 22.4 Å². The van der Waals surface area contributed by atoms with Crippen LogP contribution in [-0.2, 0) is 9.59 Å². The van der Waals surface area contributed by atoms with Crippen molar-refractivity contribution >= 4 is 34.4 Å². The smallest absolute Gasteiger partial charge is 0.282 e. The van der Waals surface area contributed by atoms with Crippen LogP contribution in [0.2, 0.25) is 0 Å². The van der Waals surface area contributed by atoms with Gasteiger partial charge in [0.25, 0.3) is 11.8 Å². The molecule has 0 aliphatic carbocycles. The second-order valence-electron chi connectivity index (χ2n) is 8.50. The highest BCUT2D eigenvalue weighted by atomic mass is 16.2. The topological polar surface area (TPSA) is 76.4 Å². The molecule has 1 aliphatic rings. The number of benzene rings is 3. The van der Waals surface area contributed by atoms with E-state index in [2.05, 4.69) is 30.1 Å². The second kappa shape index (κ2) is 9.86. The van der Waals surface area contributed by atoms with E-state index >= 15 is 0 Å². The van der Waals surface area contributed by atoms with Crippen molar-refractivity contribution < 1.29 is 9.59 Å². The van der Waals surface area contributed by atoms with Gasteiger partial charge >= 0.3 is 0 Å². The van der Waals surface area contributed by atoms with E-state index in [1.165, 1.54) is 0 Å². The maximum atomic E-state index is 13.6. The molecule has 0 fully saturated rings. The molecule has 0 unspecified atom stereocenters. The van der Waals surface area contributed by atoms with Gasteiger partial charge in [0, 0.05) is 24.5 Å². The Labute approximate surface area is 206 Å². The van der Waals surface area contributed by atoms with E-state index < -0.39 is 11.8 Å². The van der Waals surface area contributed by atoms with Crippen molar-refractivity contribution in [2.75, 3.05) is 28.2 Å². The third-order valence-corrected chi connectivity index (χ3v) is 6.40. The molecule has 0 saturated carbocycles. The predicted octanol–water partition coefficient (Wildman–Crippen LogP) is 5.42. The van der Waals surface area contributed by atoms with Crippen LogP contribution in [0, 0.1) is 25.2 Å². The number of hydrogen-bond donors (Lipinski definition) is 1. The lowest BCUT2D eigenvalue weighted by atomic mass is 9.99. The van der Waals surface area contributed by atoms with Crippen LogP contribution in [0.25, 0.3) is 5.57 Å². The first-order valence-corrected chi connectivity index (χ1v) is 11.7. The second-order valence-corrected chi connectivity index (χ2v) is 8.50. The number of imide groups is 1. The Balaban J connectivity index is 1.76. The van der Waals surface area contributed by atoms with E-state index in [4.69, 9.17) is 5.26 Å². The summed E-state index contributed by atoms with van der Waals surface area (Å²) >= 11 is 0. The number of nitrogens with one attached hydrogen (secondary N) is 1. The summed E-state index contributed by atoms with van der Waals surface area (Å²) in [5.74, 6) is -0.828. The lowest BCUT2D eigenvalue weighted by Crippen LogP contribution is -2.32. The van der Waals surface area contributed by atoms with E-state index in [-0.39, 0.29) is 5.70 Å². The van der Waals surface area contributed by atoms with Gasteiger partial charge in [0.2, 0.25) is 0 Å². The summed E-state index contributed by atoms with van der Waals surface area (Å²) < 4.78 is 0. The molecule has 35 heavy (non-hydrogen) atoms. The van der Waals surface area contributed by atoms with Crippen molar-refractivity contribution in [3.05, 3.63) is 94.7 Å². The van der Waals surface area contributed by atoms with Crippen molar-refractivity contribution in [1.29, 1.82) is 5.26 Å². The molecule has 3 aromatic carbocycles. The minimum Gasteiger partial charge on any atom is -0.372 e. The van der Waals surface area contributed by atoms with Crippen LogP contribution in [0.4, 0.5) is 17.1 Å². The molecule has 0 radical (unpaired) electrons. The van der Waals surface area contributed by atoms with Crippen LogP contribution in [0.3, 0.4) is 0 Å². The molecular weight excluding hydrogens is 436 g/mol. The van der Waals surface area contributed by atoms with E-state index in [1.807, 2.05) is 56.3 Å². The molecule has 0 saturated heterocycles. The van der Waals surface area contributed by atoms with Crippen molar-refractivity contribution in [3.63, 3.8) is 0 Å². The Morgan fingerprint density at radius 1 is 0.857 bits per heavy atom. The van der Waals surface area contributed by atoms with E-state index in [0.717, 1.165) is 40.5 Å². The number of anilines is 3. The Kier molecular flexibility index (Phi) is 6.70. The van der Waals surface area contributed by atoms with Gasteiger partial charge in [-0.1, -0.05) is 18.2 Å². The fourth-order valence-corrected chi connectivity index (χ4v) is 4.22. The Morgan fingerprint density at radius 2 is 1.51 bits per heavy atom. The fourth-order valence-electron chi connectivity index (χ4n) is 4.22. The Bertz CT molecular complexity index is 1340. The zero-order valence-electron chi connectivity index (χ0n) is 20.4. The minimum atomic E-state index is -0.430. The highest BCUT2D eigenvalue weighted by Crippen LogP contribution is 2.34. The Morgan fingerprint density at radius 3 is 2.09 bits per heavy atom. The number of aryl methyl sites for hydroxylation is 2. The molecule has 1 aliphatic heterocycles. The average molecular weight is 465 g/mol. The standard InChI is InChI=1S/C29H28N4O2/c1-5-32(6-2)24-15-11-23(12-16-24)31-27-26(22-10-7-19(3)20(4)17-22)28(34)33(29(27)35)25-13-8-21(18-30)9-14-25/h7-17,31H,5-6H2,1-4H3. The lowest BCUT2D eigenvalue weighted by Gasteiger charge is -2.21. The molecular formula is C29H28N4O2. The molecule has 2 amide bonds. The predicted molar refractivity (Wildman–Crippen MR) is 140 cm³/mol. The van der Waals surface area contributed by atoms with Gasteiger partial charge in [0.1, 0.15) is 5.70 Å². The normalized spacial score (nSPS) is 13.3. The van der Waals surface area contributed by atoms with Gasteiger partial charge in [0.05, 0.1) is 22.9 Å². The lowest BCUT2D eigenvalue weighted by molar-refractivity contribution is -0.120. The largest absolute Gasteiger partial charge is 0.372 e. The summed E-state index contributed by atoms with van der Waals surface area (Å²) in [5, 5.41) is 12.3. The molecule has 6 nitrogen and oxygen atoms in total. The Hall–Kier alpha value is -4.37. The van der Waals surface area contributed by atoms with E-state index in [1.54, 1.807) is 24.3 Å². The molecule has 1 N–H and O–H groups in total. The van der Waals surface area contributed by atoms with Crippen LogP contribution in [0.5, 0.6) is 0 Å². The summed E-state index contributed by atoms with van der Waals surface area (Å²) in [6.45, 7) is 10.0. The van der Waals surface area contributed by atoms with Crippen molar-refractivity contribution in [1.82, 2.24) is 0 Å². The van der Waals surface area contributed by atoms with E-state index in [9.17, 15) is 9.59 Å². The number of carbonyl (C=O) groups excluding carboxylic acids is 2. The summed E-state index contributed by atoms with van der Waals surface area (Å²) in [4.78, 5) is 30.6. The van der Waals surface area contributed by atoms with Gasteiger partial charge in [-0.3, -0.25) is 9.59 Å². The van der Waals surface area contributed by atoms with Crippen LogP contribution in [0.1, 0.15) is 36.1 Å². The minimum absolute atomic E-state index is 0.234. The number of amides is 2. The number of carbonyl (C=O) groups is 2. The first kappa shape index (κ1) is 23.8. The maximum absolute atomic E-state index is 13.6. The third kappa shape index (κ3) is 4.53. The van der Waals surface area contributed by atoms with Gasteiger partial charge in [-0.15, -0.1) is 0 Å². The van der Waals surface area contributed by atoms with Crippen molar-refractivity contribution in [2.24, 2.45) is 0 Å². The molecule has 0 bridgehead atoms. The molecule has 4 rings (SSSR count).